The number of nitrogens with one attached hydrogen (secondary N) is 1. The summed E-state index contributed by atoms with van der Waals surface area (Å²) >= 11 is 0. The number of nitrogens with zero attached hydrogens (tertiary/aromatic N) is 2. The largest absolute Gasteiger partial charge is 0.352 e. The number of aromatic nitrogens is 1. The zero-order chi connectivity index (χ0) is 22.7. The van der Waals surface area contributed by atoms with Gasteiger partial charge in [0.15, 0.2) is 0 Å². The van der Waals surface area contributed by atoms with E-state index in [0.29, 0.717) is 0 Å². The molecule has 0 saturated heterocycles. The number of carbonyl (C=O) groups excluding carboxylic acids is 1. The maximum atomic E-state index is 12.6. The Morgan fingerprint density at radius 3 is 2.41 bits per heavy atom. The second-order valence-corrected chi connectivity index (χ2v) is 9.40. The Hall–Kier alpha value is -3.33. The Labute approximate surface area is 184 Å². The van der Waals surface area contributed by atoms with E-state index < -0.39 is 26.4 Å². The van der Waals surface area contributed by atoms with Crippen LogP contribution in [0.4, 0.5) is 14.6 Å². The number of halogens is 2. The van der Waals surface area contributed by atoms with Crippen LogP contribution < -0.4 is 10.2 Å². The molecule has 1 aliphatic heterocycles. The molecule has 0 aliphatic carbocycles. The molecule has 9 heteroatoms. The van der Waals surface area contributed by atoms with Gasteiger partial charge >= 0.3 is 5.76 Å². The van der Waals surface area contributed by atoms with Gasteiger partial charge in [-0.2, -0.15) is 8.78 Å². The van der Waals surface area contributed by atoms with Crippen molar-refractivity contribution in [2.75, 3.05) is 11.4 Å². The summed E-state index contributed by atoms with van der Waals surface area (Å²) in [5.74, 6) is -3.08. The summed E-state index contributed by atoms with van der Waals surface area (Å²) in [5, 5.41) is 2.72. The molecule has 2 aromatic carbocycles. The fourth-order valence-electron chi connectivity index (χ4n) is 3.58. The number of rotatable bonds is 6. The third-order valence-electron chi connectivity index (χ3n) is 5.40. The van der Waals surface area contributed by atoms with Gasteiger partial charge in [-0.25, -0.2) is 13.4 Å². The normalized spacial score (nSPS) is 13.7. The molecule has 0 radical (unpaired) electrons. The molecule has 1 amide bonds. The first-order chi connectivity index (χ1) is 15.3. The number of hydrogen-bond donors (Lipinski definition) is 1. The van der Waals surface area contributed by atoms with Gasteiger partial charge in [0.1, 0.15) is 5.82 Å². The molecule has 1 aliphatic rings. The van der Waals surface area contributed by atoms with Crippen LogP contribution in [0.2, 0.25) is 0 Å². The van der Waals surface area contributed by atoms with E-state index in [9.17, 15) is 22.0 Å². The Morgan fingerprint density at radius 2 is 1.75 bits per heavy atom. The molecule has 1 N–H and O–H groups in total. The summed E-state index contributed by atoms with van der Waals surface area (Å²) in [6.45, 7) is 1.92. The maximum Gasteiger partial charge on any atom is 0.341 e. The van der Waals surface area contributed by atoms with E-state index in [0.717, 1.165) is 43.0 Å². The highest BCUT2D eigenvalue weighted by Crippen LogP contribution is 2.23. The summed E-state index contributed by atoms with van der Waals surface area (Å²) in [6.07, 6.45) is 2.67. The molecule has 32 heavy (non-hydrogen) atoms. The second kappa shape index (κ2) is 9.04. The number of sulfone groups is 1. The van der Waals surface area contributed by atoms with Crippen LogP contribution >= 0.6 is 0 Å². The van der Waals surface area contributed by atoms with E-state index in [4.69, 9.17) is 0 Å². The van der Waals surface area contributed by atoms with Crippen LogP contribution in [0.1, 0.15) is 27.0 Å². The number of anilines is 1. The van der Waals surface area contributed by atoms with Gasteiger partial charge in [-0.1, -0.05) is 30.3 Å². The third kappa shape index (κ3) is 4.62. The highest BCUT2D eigenvalue weighted by atomic mass is 32.2. The van der Waals surface area contributed by atoms with Crippen LogP contribution in [0.25, 0.3) is 0 Å². The van der Waals surface area contributed by atoms with Crippen LogP contribution in [0.3, 0.4) is 0 Å². The molecule has 0 saturated carbocycles. The molecule has 166 valence electrons. The van der Waals surface area contributed by atoms with E-state index in [1.165, 1.54) is 23.3 Å². The molecule has 0 atom stereocenters. The molecule has 4 rings (SSSR count). The highest BCUT2D eigenvalue weighted by molar-refractivity contribution is 7.91. The monoisotopic (exact) mass is 457 g/mol. The standard InChI is InChI=1S/C23H21F2N3O3S/c24-23(25)32(30,31)20-8-6-18(7-9-20)22(29)27-14-16-5-10-21(26-13-16)28-12-11-17-3-1-2-4-19(17)15-28/h1-10,13,23H,11-12,14-15H2,(H,27,29). The maximum absolute atomic E-state index is 12.6. The average molecular weight is 458 g/mol. The summed E-state index contributed by atoms with van der Waals surface area (Å²) in [7, 11) is -4.68. The number of hydrogen-bond acceptors (Lipinski definition) is 5. The first-order valence-corrected chi connectivity index (χ1v) is 11.6. The summed E-state index contributed by atoms with van der Waals surface area (Å²) in [4.78, 5) is 18.5. The van der Waals surface area contributed by atoms with Crippen molar-refractivity contribution in [3.05, 3.63) is 89.1 Å². The minimum Gasteiger partial charge on any atom is -0.352 e. The zero-order valence-corrected chi connectivity index (χ0v) is 17.9. The lowest BCUT2D eigenvalue weighted by Gasteiger charge is -2.29. The number of amides is 1. The van der Waals surface area contributed by atoms with Gasteiger partial charge < -0.3 is 10.2 Å². The molecule has 3 aromatic rings. The topological polar surface area (TPSA) is 79.4 Å². The molecule has 0 bridgehead atoms. The van der Waals surface area contributed by atoms with Crippen LogP contribution in [-0.2, 0) is 29.3 Å². The molecular weight excluding hydrogens is 436 g/mol. The number of benzene rings is 2. The minimum atomic E-state index is -4.68. The van der Waals surface area contributed by atoms with Crippen molar-refractivity contribution in [1.82, 2.24) is 10.3 Å². The van der Waals surface area contributed by atoms with E-state index in [1.807, 2.05) is 18.2 Å². The van der Waals surface area contributed by atoms with Gasteiger partial charge in [0.05, 0.1) is 4.90 Å². The van der Waals surface area contributed by atoms with Crippen LogP contribution in [0.5, 0.6) is 0 Å². The predicted octanol–water partition coefficient (Wildman–Crippen LogP) is 3.57. The van der Waals surface area contributed by atoms with Crippen molar-refractivity contribution >= 4 is 21.6 Å². The van der Waals surface area contributed by atoms with Gasteiger partial charge in [-0.05, 0) is 53.4 Å². The third-order valence-corrected chi connectivity index (χ3v) is 6.79. The van der Waals surface area contributed by atoms with Crippen LogP contribution in [-0.4, -0.2) is 31.6 Å². The van der Waals surface area contributed by atoms with Crippen LogP contribution in [0, 0.1) is 0 Å². The lowest BCUT2D eigenvalue weighted by atomic mass is 10.00. The number of fused-ring (bicyclic) bond motifs is 1. The van der Waals surface area contributed by atoms with Gasteiger partial charge in [0.2, 0.25) is 9.84 Å². The second-order valence-electron chi connectivity index (χ2n) is 7.48. The van der Waals surface area contributed by atoms with Crippen molar-refractivity contribution in [3.8, 4) is 0 Å². The van der Waals surface area contributed by atoms with E-state index in [1.54, 1.807) is 6.20 Å². The first-order valence-electron chi connectivity index (χ1n) is 10.0. The van der Waals surface area contributed by atoms with Crippen molar-refractivity contribution in [1.29, 1.82) is 0 Å². The highest BCUT2D eigenvalue weighted by Gasteiger charge is 2.26. The Bertz CT molecular complexity index is 1210. The van der Waals surface area contributed by atoms with Gasteiger partial charge in [0.25, 0.3) is 5.91 Å². The van der Waals surface area contributed by atoms with Gasteiger partial charge in [-0.3, -0.25) is 4.79 Å². The predicted molar refractivity (Wildman–Crippen MR) is 116 cm³/mol. The molecule has 0 spiro atoms. The van der Waals surface area contributed by atoms with E-state index in [2.05, 4.69) is 33.4 Å². The Balaban J connectivity index is 1.35. The molecule has 2 heterocycles. The summed E-state index contributed by atoms with van der Waals surface area (Å²) in [5.41, 5.74) is 3.64. The van der Waals surface area contributed by atoms with E-state index >= 15 is 0 Å². The Kier molecular flexibility index (Phi) is 6.18. The van der Waals surface area contributed by atoms with Crippen molar-refractivity contribution in [3.63, 3.8) is 0 Å². The van der Waals surface area contributed by atoms with Crippen molar-refractivity contribution in [2.24, 2.45) is 0 Å². The molecule has 6 nitrogen and oxygen atoms in total. The SMILES string of the molecule is O=C(NCc1ccc(N2CCc3ccccc3C2)nc1)c1ccc(S(=O)(=O)C(F)F)cc1. The molecule has 0 fully saturated rings. The minimum absolute atomic E-state index is 0.176. The van der Waals surface area contributed by atoms with Gasteiger partial charge in [0, 0.05) is 31.4 Å². The fourth-order valence-corrected chi connectivity index (χ4v) is 4.30. The van der Waals surface area contributed by atoms with E-state index in [-0.39, 0.29) is 12.1 Å². The lowest BCUT2D eigenvalue weighted by Crippen LogP contribution is -2.31. The smallest absolute Gasteiger partial charge is 0.341 e. The summed E-state index contributed by atoms with van der Waals surface area (Å²) in [6, 6.07) is 16.6. The first kappa shape index (κ1) is 21.9. The zero-order valence-electron chi connectivity index (χ0n) is 17.0. The fraction of sp³-hybridized carbons (Fsp3) is 0.217. The number of pyridine rings is 1. The van der Waals surface area contributed by atoms with Gasteiger partial charge in [-0.15, -0.1) is 0 Å². The number of carbonyl (C=O) groups is 1. The quantitative estimate of drug-likeness (QED) is 0.612. The van der Waals surface area contributed by atoms with Crippen molar-refractivity contribution < 1.29 is 22.0 Å². The van der Waals surface area contributed by atoms with Crippen LogP contribution in [0.15, 0.2) is 71.8 Å². The number of alkyl halides is 2. The molecule has 0 unspecified atom stereocenters. The molecule has 1 aromatic heterocycles. The molecular formula is C23H21F2N3O3S. The Morgan fingerprint density at radius 1 is 1.03 bits per heavy atom. The summed E-state index contributed by atoms with van der Waals surface area (Å²) < 4.78 is 48.1. The lowest BCUT2D eigenvalue weighted by molar-refractivity contribution is 0.0951. The average Bonchev–Trinajstić information content (AvgIpc) is 2.82. The van der Waals surface area contributed by atoms with Crippen molar-refractivity contribution in [2.45, 2.75) is 30.2 Å².